The van der Waals surface area contributed by atoms with E-state index in [1.165, 1.54) is 19.1 Å². The third-order valence-electron chi connectivity index (χ3n) is 4.72. The third kappa shape index (κ3) is 3.56. The van der Waals surface area contributed by atoms with Crippen LogP contribution in [0.2, 0.25) is 0 Å². The Kier molecular flexibility index (Phi) is 5.57. The lowest BCUT2D eigenvalue weighted by atomic mass is 9.88. The van der Waals surface area contributed by atoms with Gasteiger partial charge < -0.3 is 4.74 Å². The van der Waals surface area contributed by atoms with E-state index in [9.17, 15) is 24.5 Å². The van der Waals surface area contributed by atoms with Crippen LogP contribution in [-0.4, -0.2) is 28.5 Å². The van der Waals surface area contributed by atoms with Crippen LogP contribution < -0.4 is 0 Å². The molecule has 0 N–H and O–H groups in total. The van der Waals surface area contributed by atoms with Gasteiger partial charge in [-0.2, -0.15) is 0 Å². The summed E-state index contributed by atoms with van der Waals surface area (Å²) in [4.78, 5) is 45.4. The Morgan fingerprint density at radius 3 is 2.56 bits per heavy atom. The summed E-state index contributed by atoms with van der Waals surface area (Å²) < 4.78 is 4.78. The molecule has 0 aromatic heterocycles. The van der Waals surface area contributed by atoms with Gasteiger partial charge in [0.2, 0.25) is 0 Å². The Bertz CT molecular complexity index is 734. The van der Waals surface area contributed by atoms with Gasteiger partial charge in [0, 0.05) is 23.4 Å². The molecule has 2 rings (SSSR count). The molecule has 3 atom stereocenters. The van der Waals surface area contributed by atoms with Crippen LogP contribution in [0.4, 0.5) is 5.69 Å². The molecular weight excluding hydrogens is 350 g/mol. The molecule has 25 heavy (non-hydrogen) atoms. The number of hydrogen-bond acceptors (Lipinski definition) is 6. The molecule has 1 aliphatic carbocycles. The standard InChI is InChI=1S/C17H18ClNO6/c1-3-17(11-5-4-6-12(8-11)19(23)24)13(9-18)15(17)16(22)25-14(21)7-10(2)20/h4-6,8,13,15H,3,7,9H2,1-2H3. The molecule has 1 aromatic carbocycles. The van der Waals surface area contributed by atoms with Gasteiger partial charge in [0.25, 0.3) is 5.69 Å². The van der Waals surface area contributed by atoms with Crippen LogP contribution in [0.3, 0.4) is 0 Å². The lowest BCUT2D eigenvalue weighted by Crippen LogP contribution is -2.21. The average Bonchev–Trinajstić information content (AvgIpc) is 3.23. The molecule has 0 spiro atoms. The molecular formula is C17H18ClNO6. The molecule has 1 aromatic rings. The number of Topliss-reactive ketones (excluding diaryl/α,β-unsaturated/α-hetero) is 1. The third-order valence-corrected chi connectivity index (χ3v) is 5.05. The number of esters is 2. The summed E-state index contributed by atoms with van der Waals surface area (Å²) in [5.74, 6) is -2.86. The summed E-state index contributed by atoms with van der Waals surface area (Å²) >= 11 is 5.99. The van der Waals surface area contributed by atoms with Crippen molar-refractivity contribution in [2.45, 2.75) is 32.1 Å². The summed E-state index contributed by atoms with van der Waals surface area (Å²) in [6.07, 6.45) is 0.0339. The highest BCUT2D eigenvalue weighted by Gasteiger charge is 2.68. The lowest BCUT2D eigenvalue weighted by molar-refractivity contribution is -0.385. The highest BCUT2D eigenvalue weighted by Crippen LogP contribution is 2.63. The van der Waals surface area contributed by atoms with E-state index in [1.807, 2.05) is 6.92 Å². The first-order valence-corrected chi connectivity index (χ1v) is 8.36. The molecule has 134 valence electrons. The van der Waals surface area contributed by atoms with Crippen molar-refractivity contribution in [3.05, 3.63) is 39.9 Å². The molecule has 0 saturated heterocycles. The SMILES string of the molecule is CCC1(c2cccc([N+](=O)[O-])c2)C(CCl)C1C(=O)OC(=O)CC(C)=O. The van der Waals surface area contributed by atoms with E-state index < -0.39 is 40.4 Å². The number of non-ortho nitro benzene ring substituents is 1. The Hall–Kier alpha value is -2.28. The number of benzene rings is 1. The second-order valence-electron chi connectivity index (χ2n) is 6.11. The smallest absolute Gasteiger partial charge is 0.320 e. The van der Waals surface area contributed by atoms with Crippen molar-refractivity contribution in [3.63, 3.8) is 0 Å². The Morgan fingerprint density at radius 2 is 2.04 bits per heavy atom. The quantitative estimate of drug-likeness (QED) is 0.241. The van der Waals surface area contributed by atoms with Gasteiger partial charge >= 0.3 is 11.9 Å². The minimum atomic E-state index is -0.901. The van der Waals surface area contributed by atoms with Gasteiger partial charge in [-0.3, -0.25) is 24.5 Å². The van der Waals surface area contributed by atoms with E-state index in [4.69, 9.17) is 16.3 Å². The number of halogens is 1. The van der Waals surface area contributed by atoms with Gasteiger partial charge in [-0.05, 0) is 24.8 Å². The van der Waals surface area contributed by atoms with Crippen LogP contribution in [0.25, 0.3) is 0 Å². The number of alkyl halides is 1. The molecule has 1 saturated carbocycles. The van der Waals surface area contributed by atoms with Crippen LogP contribution >= 0.6 is 11.6 Å². The number of ketones is 1. The molecule has 0 aliphatic heterocycles. The number of carbonyl (C=O) groups is 3. The van der Waals surface area contributed by atoms with E-state index in [2.05, 4.69) is 0 Å². The lowest BCUT2D eigenvalue weighted by Gasteiger charge is -2.16. The van der Waals surface area contributed by atoms with Crippen LogP contribution in [-0.2, 0) is 24.5 Å². The molecule has 0 bridgehead atoms. The van der Waals surface area contributed by atoms with Gasteiger partial charge in [0.15, 0.2) is 0 Å². The minimum Gasteiger partial charge on any atom is -0.393 e. The summed E-state index contributed by atoms with van der Waals surface area (Å²) in [5, 5.41) is 11.0. The topological polar surface area (TPSA) is 104 Å². The number of nitro benzene ring substituents is 1. The van der Waals surface area contributed by atoms with Crippen LogP contribution in [0.5, 0.6) is 0 Å². The van der Waals surface area contributed by atoms with E-state index in [1.54, 1.807) is 12.1 Å². The zero-order valence-electron chi connectivity index (χ0n) is 13.9. The summed E-state index contributed by atoms with van der Waals surface area (Å²) in [5.41, 5.74) is -0.164. The van der Waals surface area contributed by atoms with Gasteiger partial charge in [0.05, 0.1) is 10.8 Å². The van der Waals surface area contributed by atoms with E-state index in [0.717, 1.165) is 0 Å². The molecule has 1 fully saturated rings. The summed E-state index contributed by atoms with van der Waals surface area (Å²) in [6, 6.07) is 6.06. The molecule has 7 nitrogen and oxygen atoms in total. The summed E-state index contributed by atoms with van der Waals surface area (Å²) in [6.45, 7) is 3.08. The van der Waals surface area contributed by atoms with E-state index in [0.29, 0.717) is 12.0 Å². The monoisotopic (exact) mass is 367 g/mol. The normalized spacial score (nSPS) is 24.4. The van der Waals surface area contributed by atoms with Crippen molar-refractivity contribution >= 4 is 35.0 Å². The molecule has 0 radical (unpaired) electrons. The number of hydrogen-bond donors (Lipinski definition) is 0. The van der Waals surface area contributed by atoms with Gasteiger partial charge in [-0.25, -0.2) is 0 Å². The largest absolute Gasteiger partial charge is 0.393 e. The first-order valence-electron chi connectivity index (χ1n) is 7.82. The first-order chi connectivity index (χ1) is 11.8. The fraction of sp³-hybridized carbons (Fsp3) is 0.471. The Balaban J connectivity index is 2.29. The second kappa shape index (κ2) is 7.31. The van der Waals surface area contributed by atoms with Crippen LogP contribution in [0.1, 0.15) is 32.3 Å². The Labute approximate surface area is 149 Å². The number of rotatable bonds is 7. The summed E-state index contributed by atoms with van der Waals surface area (Å²) in [7, 11) is 0. The average molecular weight is 368 g/mol. The maximum absolute atomic E-state index is 12.4. The highest BCUT2D eigenvalue weighted by atomic mass is 35.5. The number of nitrogens with zero attached hydrogens (tertiary/aromatic N) is 1. The number of ether oxygens (including phenoxy) is 1. The fourth-order valence-electron chi connectivity index (χ4n) is 3.52. The van der Waals surface area contributed by atoms with E-state index >= 15 is 0 Å². The molecule has 0 amide bonds. The van der Waals surface area contributed by atoms with Gasteiger partial charge in [0.1, 0.15) is 12.2 Å². The van der Waals surface area contributed by atoms with E-state index in [-0.39, 0.29) is 17.5 Å². The van der Waals surface area contributed by atoms with Gasteiger partial charge in [-0.15, -0.1) is 11.6 Å². The molecule has 1 aliphatic rings. The zero-order chi connectivity index (χ0) is 18.8. The van der Waals surface area contributed by atoms with Crippen molar-refractivity contribution in [1.82, 2.24) is 0 Å². The van der Waals surface area contributed by atoms with Crippen LogP contribution in [0, 0.1) is 22.0 Å². The predicted molar refractivity (Wildman–Crippen MR) is 89.2 cm³/mol. The van der Waals surface area contributed by atoms with Crippen molar-refractivity contribution in [2.75, 3.05) is 5.88 Å². The predicted octanol–water partition coefficient (Wildman–Crippen LogP) is 2.78. The number of carbonyl (C=O) groups excluding carboxylic acids is 3. The highest BCUT2D eigenvalue weighted by molar-refractivity contribution is 6.18. The maximum atomic E-state index is 12.4. The molecule has 8 heteroatoms. The van der Waals surface area contributed by atoms with Crippen molar-refractivity contribution in [1.29, 1.82) is 0 Å². The Morgan fingerprint density at radius 1 is 1.36 bits per heavy atom. The maximum Gasteiger partial charge on any atom is 0.320 e. The second-order valence-corrected chi connectivity index (χ2v) is 6.42. The minimum absolute atomic E-state index is 0.0784. The van der Waals surface area contributed by atoms with Crippen LogP contribution in [0.15, 0.2) is 24.3 Å². The van der Waals surface area contributed by atoms with Crippen molar-refractivity contribution in [2.24, 2.45) is 11.8 Å². The first kappa shape index (κ1) is 19.1. The number of nitro groups is 1. The molecule has 0 heterocycles. The molecule has 3 unspecified atom stereocenters. The van der Waals surface area contributed by atoms with Gasteiger partial charge in [-0.1, -0.05) is 19.1 Å². The van der Waals surface area contributed by atoms with Crippen molar-refractivity contribution in [3.8, 4) is 0 Å². The van der Waals surface area contributed by atoms with Crippen molar-refractivity contribution < 1.29 is 24.0 Å². The fourth-order valence-corrected chi connectivity index (χ4v) is 3.98. The zero-order valence-corrected chi connectivity index (χ0v) is 14.6.